The first-order valence-electron chi connectivity index (χ1n) is 7.67. The Morgan fingerprint density at radius 3 is 2.55 bits per heavy atom. The Morgan fingerprint density at radius 1 is 1.15 bits per heavy atom. The standard InChI is InChI=1S/C15H21N3O.ClH/c19-15(11-2-1-3-11)18-8-6-12-13(7-9-18)16-17-14(12)10-4-5-10;/h10-11H,1-9H2,(H,16,17);1H. The molecule has 1 amide bonds. The topological polar surface area (TPSA) is 49.0 Å². The van der Waals surface area contributed by atoms with Gasteiger partial charge in [-0.3, -0.25) is 9.89 Å². The number of aromatic amines is 1. The maximum Gasteiger partial charge on any atom is 0.225 e. The molecule has 1 aromatic rings. The van der Waals surface area contributed by atoms with Crippen molar-refractivity contribution in [3.05, 3.63) is 17.0 Å². The monoisotopic (exact) mass is 295 g/mol. The minimum absolute atomic E-state index is 0. The van der Waals surface area contributed by atoms with Gasteiger partial charge < -0.3 is 4.90 Å². The average molecular weight is 296 g/mol. The molecule has 20 heavy (non-hydrogen) atoms. The molecule has 4 nitrogen and oxygen atoms in total. The molecular weight excluding hydrogens is 274 g/mol. The lowest BCUT2D eigenvalue weighted by Gasteiger charge is -2.30. The first-order chi connectivity index (χ1) is 9.33. The third-order valence-electron chi connectivity index (χ3n) is 4.98. The summed E-state index contributed by atoms with van der Waals surface area (Å²) in [6, 6.07) is 0. The molecule has 110 valence electrons. The third kappa shape index (κ3) is 2.34. The zero-order chi connectivity index (χ0) is 12.8. The summed E-state index contributed by atoms with van der Waals surface area (Å²) in [6.07, 6.45) is 7.98. The van der Waals surface area contributed by atoms with Crippen LogP contribution in [0, 0.1) is 5.92 Å². The maximum atomic E-state index is 12.3. The summed E-state index contributed by atoms with van der Waals surface area (Å²) in [5.74, 6) is 1.43. The highest BCUT2D eigenvalue weighted by atomic mass is 35.5. The fourth-order valence-electron chi connectivity index (χ4n) is 3.34. The molecule has 2 fully saturated rings. The summed E-state index contributed by atoms with van der Waals surface area (Å²) < 4.78 is 0. The van der Waals surface area contributed by atoms with E-state index in [1.54, 1.807) is 0 Å². The molecule has 1 N–H and O–H groups in total. The van der Waals surface area contributed by atoms with E-state index in [-0.39, 0.29) is 12.4 Å². The van der Waals surface area contributed by atoms with Crippen molar-refractivity contribution < 1.29 is 4.79 Å². The first kappa shape index (κ1) is 13.9. The van der Waals surface area contributed by atoms with E-state index < -0.39 is 0 Å². The average Bonchev–Trinajstić information content (AvgIpc) is 3.13. The quantitative estimate of drug-likeness (QED) is 0.911. The SMILES string of the molecule is Cl.O=C(C1CCC1)N1CCc2[nH]nc(C3CC3)c2CC1. The molecule has 3 aliphatic rings. The summed E-state index contributed by atoms with van der Waals surface area (Å²) in [5.41, 5.74) is 4.00. The van der Waals surface area contributed by atoms with E-state index in [1.165, 1.54) is 36.2 Å². The number of carbonyl (C=O) groups is 1. The van der Waals surface area contributed by atoms with Gasteiger partial charge in [-0.25, -0.2) is 0 Å². The smallest absolute Gasteiger partial charge is 0.225 e. The van der Waals surface area contributed by atoms with Gasteiger partial charge in [-0.1, -0.05) is 6.42 Å². The molecular formula is C15H22ClN3O. The van der Waals surface area contributed by atoms with Crippen molar-refractivity contribution in [2.24, 2.45) is 5.92 Å². The highest BCUT2D eigenvalue weighted by Gasteiger charge is 2.33. The number of carbonyl (C=O) groups excluding carboxylic acids is 1. The van der Waals surface area contributed by atoms with E-state index >= 15 is 0 Å². The Kier molecular flexibility index (Phi) is 3.76. The second-order valence-corrected chi connectivity index (χ2v) is 6.29. The van der Waals surface area contributed by atoms with E-state index in [1.807, 2.05) is 0 Å². The molecule has 0 spiro atoms. The molecule has 2 aliphatic carbocycles. The van der Waals surface area contributed by atoms with Crippen molar-refractivity contribution in [2.45, 2.75) is 50.9 Å². The molecule has 0 aromatic carbocycles. The third-order valence-corrected chi connectivity index (χ3v) is 4.98. The van der Waals surface area contributed by atoms with Gasteiger partial charge in [0.2, 0.25) is 5.91 Å². The minimum Gasteiger partial charge on any atom is -0.342 e. The number of hydrogen-bond donors (Lipinski definition) is 1. The van der Waals surface area contributed by atoms with Gasteiger partial charge in [0.05, 0.1) is 5.69 Å². The first-order valence-corrected chi connectivity index (χ1v) is 7.67. The van der Waals surface area contributed by atoms with E-state index in [2.05, 4.69) is 15.1 Å². The Hall–Kier alpha value is -1.03. The lowest BCUT2D eigenvalue weighted by atomic mass is 9.84. The number of halogens is 1. The lowest BCUT2D eigenvalue weighted by molar-refractivity contribution is -0.138. The zero-order valence-corrected chi connectivity index (χ0v) is 12.5. The minimum atomic E-state index is 0. The van der Waals surface area contributed by atoms with Crippen molar-refractivity contribution in [3.8, 4) is 0 Å². The number of hydrogen-bond acceptors (Lipinski definition) is 2. The highest BCUT2D eigenvalue weighted by Crippen LogP contribution is 2.41. The number of H-pyrrole nitrogens is 1. The summed E-state index contributed by atoms with van der Waals surface area (Å²) in [7, 11) is 0. The van der Waals surface area contributed by atoms with Crippen LogP contribution in [0.25, 0.3) is 0 Å². The molecule has 0 radical (unpaired) electrons. The molecule has 0 saturated heterocycles. The van der Waals surface area contributed by atoms with Crippen LogP contribution in [0.1, 0.15) is 55.0 Å². The highest BCUT2D eigenvalue weighted by molar-refractivity contribution is 5.85. The number of nitrogens with one attached hydrogen (secondary N) is 1. The number of amides is 1. The van der Waals surface area contributed by atoms with Crippen LogP contribution in [0.4, 0.5) is 0 Å². The number of fused-ring (bicyclic) bond motifs is 1. The van der Waals surface area contributed by atoms with Gasteiger partial charge in [0.15, 0.2) is 0 Å². The zero-order valence-electron chi connectivity index (χ0n) is 11.7. The molecule has 0 unspecified atom stereocenters. The molecule has 4 rings (SSSR count). The summed E-state index contributed by atoms with van der Waals surface area (Å²) in [5, 5.41) is 7.72. The predicted octanol–water partition coefficient (Wildman–Crippen LogP) is 2.44. The molecule has 5 heteroatoms. The van der Waals surface area contributed by atoms with Crippen LogP contribution >= 0.6 is 12.4 Å². The van der Waals surface area contributed by atoms with Gasteiger partial charge in [-0.15, -0.1) is 12.4 Å². The largest absolute Gasteiger partial charge is 0.342 e. The lowest BCUT2D eigenvalue weighted by Crippen LogP contribution is -2.40. The van der Waals surface area contributed by atoms with E-state index in [0.717, 1.165) is 38.8 Å². The van der Waals surface area contributed by atoms with Crippen molar-refractivity contribution in [1.29, 1.82) is 0 Å². The molecule has 1 aromatic heterocycles. The van der Waals surface area contributed by atoms with Gasteiger partial charge >= 0.3 is 0 Å². The Morgan fingerprint density at radius 2 is 1.90 bits per heavy atom. The van der Waals surface area contributed by atoms with Crippen LogP contribution in [0.2, 0.25) is 0 Å². The van der Waals surface area contributed by atoms with Crippen LogP contribution < -0.4 is 0 Å². The van der Waals surface area contributed by atoms with Gasteiger partial charge in [0.1, 0.15) is 0 Å². The van der Waals surface area contributed by atoms with Gasteiger partial charge in [-0.05, 0) is 37.7 Å². The Bertz CT molecular complexity index is 505. The second kappa shape index (κ2) is 5.40. The fraction of sp³-hybridized carbons (Fsp3) is 0.733. The molecule has 2 heterocycles. The predicted molar refractivity (Wildman–Crippen MR) is 79.1 cm³/mol. The van der Waals surface area contributed by atoms with Crippen molar-refractivity contribution in [1.82, 2.24) is 15.1 Å². The van der Waals surface area contributed by atoms with E-state index in [0.29, 0.717) is 17.7 Å². The summed E-state index contributed by atoms with van der Waals surface area (Å²) in [4.78, 5) is 14.4. The number of aromatic nitrogens is 2. The molecule has 0 atom stereocenters. The second-order valence-electron chi connectivity index (χ2n) is 6.29. The normalized spacial score (nSPS) is 22.5. The van der Waals surface area contributed by atoms with Crippen LogP contribution in [-0.2, 0) is 17.6 Å². The molecule has 0 bridgehead atoms. The van der Waals surface area contributed by atoms with Crippen molar-refractivity contribution in [3.63, 3.8) is 0 Å². The van der Waals surface area contributed by atoms with Crippen LogP contribution in [-0.4, -0.2) is 34.1 Å². The maximum absolute atomic E-state index is 12.3. The van der Waals surface area contributed by atoms with Crippen molar-refractivity contribution >= 4 is 18.3 Å². The number of rotatable bonds is 2. The van der Waals surface area contributed by atoms with Gasteiger partial charge in [0, 0.05) is 37.0 Å². The van der Waals surface area contributed by atoms with E-state index in [9.17, 15) is 4.79 Å². The fourth-order valence-corrected chi connectivity index (χ4v) is 3.34. The van der Waals surface area contributed by atoms with Crippen LogP contribution in [0.3, 0.4) is 0 Å². The Labute approximate surface area is 125 Å². The van der Waals surface area contributed by atoms with Crippen LogP contribution in [0.5, 0.6) is 0 Å². The van der Waals surface area contributed by atoms with Gasteiger partial charge in [0.25, 0.3) is 0 Å². The van der Waals surface area contributed by atoms with Crippen molar-refractivity contribution in [2.75, 3.05) is 13.1 Å². The van der Waals surface area contributed by atoms with Crippen LogP contribution in [0.15, 0.2) is 0 Å². The van der Waals surface area contributed by atoms with E-state index in [4.69, 9.17) is 0 Å². The molecule has 1 aliphatic heterocycles. The molecule has 2 saturated carbocycles. The number of nitrogens with zero attached hydrogens (tertiary/aromatic N) is 2. The summed E-state index contributed by atoms with van der Waals surface area (Å²) in [6.45, 7) is 1.76. The Balaban J connectivity index is 0.00000121. The van der Waals surface area contributed by atoms with Gasteiger partial charge in [-0.2, -0.15) is 5.10 Å². The summed E-state index contributed by atoms with van der Waals surface area (Å²) >= 11 is 0.